The van der Waals surface area contributed by atoms with Crippen molar-refractivity contribution in [3.63, 3.8) is 0 Å². The molecule has 2 aromatic rings. The van der Waals surface area contributed by atoms with E-state index in [2.05, 4.69) is 10.1 Å². The van der Waals surface area contributed by atoms with Gasteiger partial charge >= 0.3 is 7.82 Å². The molecule has 32 heavy (non-hydrogen) atoms. The van der Waals surface area contributed by atoms with Gasteiger partial charge in [-0.1, -0.05) is 0 Å². The average Bonchev–Trinajstić information content (AvgIpc) is 3.14. The number of benzene rings is 1. The molecule has 0 atom stereocenters. The molecule has 0 aliphatic heterocycles. The SMILES string of the molecule is CC(C)(C)OOP(=O)(OCCCc1nc2cc3c(cc2[n+]([O-])n1)CCC3)OOC(C)(C)C. The lowest BCUT2D eigenvalue weighted by atomic mass is 10.1. The molecular formula is C21H32N3O7P. The predicted octanol–water partition coefficient (Wildman–Crippen LogP) is 4.30. The third-order valence-corrected chi connectivity index (χ3v) is 5.42. The first-order valence-corrected chi connectivity index (χ1v) is 12.2. The van der Waals surface area contributed by atoms with E-state index in [1.165, 1.54) is 11.1 Å². The molecule has 3 rings (SSSR count). The van der Waals surface area contributed by atoms with E-state index in [9.17, 15) is 9.77 Å². The van der Waals surface area contributed by atoms with Crippen LogP contribution in [0.25, 0.3) is 11.0 Å². The Hall–Kier alpha value is -1.68. The molecule has 1 aromatic carbocycles. The molecule has 10 nitrogen and oxygen atoms in total. The zero-order chi connectivity index (χ0) is 23.6. The number of phosphoric acid groups is 1. The lowest BCUT2D eigenvalue weighted by Gasteiger charge is -2.24. The highest BCUT2D eigenvalue weighted by Gasteiger charge is 2.34. The smallest absolute Gasteiger partial charge is 0.529 e. The fraction of sp³-hybridized carbons (Fsp3) is 0.667. The molecule has 0 saturated carbocycles. The van der Waals surface area contributed by atoms with E-state index < -0.39 is 19.0 Å². The Kier molecular flexibility index (Phi) is 7.54. The van der Waals surface area contributed by atoms with Crippen LogP contribution in [0.2, 0.25) is 0 Å². The summed E-state index contributed by atoms with van der Waals surface area (Å²) in [5.41, 5.74) is 2.06. The molecule has 0 fully saturated rings. The van der Waals surface area contributed by atoms with E-state index in [0.29, 0.717) is 34.5 Å². The Morgan fingerprint density at radius 2 is 1.62 bits per heavy atom. The lowest BCUT2D eigenvalue weighted by Crippen LogP contribution is -2.34. The first kappa shape index (κ1) is 25.0. The number of hydrogen-bond donors (Lipinski definition) is 0. The Morgan fingerprint density at radius 1 is 1.03 bits per heavy atom. The summed E-state index contributed by atoms with van der Waals surface area (Å²) in [5, 5.41) is 16.4. The largest absolute Gasteiger partial charge is 0.594 e. The van der Waals surface area contributed by atoms with Crippen molar-refractivity contribution in [3.8, 4) is 0 Å². The van der Waals surface area contributed by atoms with E-state index in [-0.39, 0.29) is 6.61 Å². The van der Waals surface area contributed by atoms with Gasteiger partial charge in [0.25, 0.3) is 5.52 Å². The highest BCUT2D eigenvalue weighted by molar-refractivity contribution is 7.48. The van der Waals surface area contributed by atoms with Crippen LogP contribution in [-0.2, 0) is 47.5 Å². The molecule has 1 aromatic heterocycles. The Labute approximate surface area is 188 Å². The first-order chi connectivity index (χ1) is 14.8. The number of nitrogens with zero attached hydrogens (tertiary/aromatic N) is 3. The number of rotatable bonds is 9. The molecule has 1 heterocycles. The topological polar surface area (TPSA) is 116 Å². The highest BCUT2D eigenvalue weighted by Crippen LogP contribution is 2.51. The van der Waals surface area contributed by atoms with Gasteiger partial charge in [-0.2, -0.15) is 0 Å². The van der Waals surface area contributed by atoms with Gasteiger partial charge in [-0.05, 0) is 89.3 Å². The van der Waals surface area contributed by atoms with Crippen LogP contribution in [0, 0.1) is 5.21 Å². The highest BCUT2D eigenvalue weighted by atomic mass is 31.2. The van der Waals surface area contributed by atoms with Crippen molar-refractivity contribution in [3.05, 3.63) is 34.3 Å². The molecule has 1 aliphatic carbocycles. The molecule has 0 amide bonds. The van der Waals surface area contributed by atoms with Gasteiger partial charge in [-0.3, -0.25) is 4.52 Å². The Bertz CT molecular complexity index is 980. The maximum absolute atomic E-state index is 12.9. The second-order valence-electron chi connectivity index (χ2n) is 9.79. The number of aromatic nitrogens is 3. The van der Waals surface area contributed by atoms with Crippen molar-refractivity contribution in [1.82, 2.24) is 10.1 Å². The van der Waals surface area contributed by atoms with Gasteiger partial charge in [0.1, 0.15) is 5.52 Å². The first-order valence-electron chi connectivity index (χ1n) is 10.8. The van der Waals surface area contributed by atoms with Crippen molar-refractivity contribution in [2.75, 3.05) is 6.61 Å². The Balaban J connectivity index is 1.61. The predicted molar refractivity (Wildman–Crippen MR) is 116 cm³/mol. The van der Waals surface area contributed by atoms with Gasteiger partial charge in [-0.15, -0.1) is 9.35 Å². The minimum atomic E-state index is -4.14. The second-order valence-corrected chi connectivity index (χ2v) is 11.2. The maximum atomic E-state index is 12.9. The van der Waals surface area contributed by atoms with Crippen LogP contribution in [0.1, 0.15) is 71.3 Å². The minimum Gasteiger partial charge on any atom is -0.594 e. The minimum absolute atomic E-state index is 0.0112. The quantitative estimate of drug-likeness (QED) is 0.132. The van der Waals surface area contributed by atoms with Crippen LogP contribution in [0.3, 0.4) is 0 Å². The van der Waals surface area contributed by atoms with E-state index in [4.69, 9.17) is 23.6 Å². The summed E-state index contributed by atoms with van der Waals surface area (Å²) < 4.78 is 28.1. The fourth-order valence-electron chi connectivity index (χ4n) is 3.04. The van der Waals surface area contributed by atoms with Gasteiger partial charge in [0.05, 0.1) is 17.8 Å². The lowest BCUT2D eigenvalue weighted by molar-refractivity contribution is -0.644. The summed E-state index contributed by atoms with van der Waals surface area (Å²) in [5.74, 6) is 0.377. The molecule has 0 unspecified atom stereocenters. The fourth-order valence-corrected chi connectivity index (χ4v) is 4.14. The van der Waals surface area contributed by atoms with Crippen molar-refractivity contribution >= 4 is 18.9 Å². The van der Waals surface area contributed by atoms with Gasteiger partial charge < -0.3 is 5.21 Å². The number of aryl methyl sites for hydroxylation is 3. The zero-order valence-corrected chi connectivity index (χ0v) is 20.4. The van der Waals surface area contributed by atoms with Gasteiger partial charge in [-0.25, -0.2) is 19.3 Å². The molecule has 0 radical (unpaired) electrons. The standard InChI is InChI=1S/C21H32N3O7P/c1-20(2,3)28-30-32(26,31-29-21(4,5)6)27-12-8-11-19-22-17-13-15-9-7-10-16(15)14-18(17)24(25)23-19/h13-14H,7-12H2,1-6H3. The van der Waals surface area contributed by atoms with Crippen molar-refractivity contribution < 1.29 is 33.1 Å². The van der Waals surface area contributed by atoms with E-state index >= 15 is 0 Å². The Morgan fingerprint density at radius 3 is 2.22 bits per heavy atom. The molecule has 0 saturated heterocycles. The van der Waals surface area contributed by atoms with Crippen molar-refractivity contribution in [2.24, 2.45) is 0 Å². The monoisotopic (exact) mass is 469 g/mol. The number of fused-ring (bicyclic) bond motifs is 2. The molecule has 0 bridgehead atoms. The van der Waals surface area contributed by atoms with Crippen molar-refractivity contribution in [1.29, 1.82) is 0 Å². The normalized spacial score (nSPS) is 14.8. The third kappa shape index (κ3) is 7.16. The van der Waals surface area contributed by atoms with Gasteiger partial charge in [0, 0.05) is 17.6 Å². The summed E-state index contributed by atoms with van der Waals surface area (Å²) in [6.07, 6.45) is 3.78. The molecule has 0 N–H and O–H groups in total. The van der Waals surface area contributed by atoms with E-state index in [1.807, 2.05) is 12.1 Å². The number of hydrogen-bond acceptors (Lipinski definition) is 9. The summed E-state index contributed by atoms with van der Waals surface area (Å²) >= 11 is 0. The molecular weight excluding hydrogens is 437 g/mol. The van der Waals surface area contributed by atoms with Crippen LogP contribution in [0.4, 0.5) is 0 Å². The van der Waals surface area contributed by atoms with Crippen LogP contribution in [-0.4, -0.2) is 27.9 Å². The third-order valence-electron chi connectivity index (χ3n) is 4.40. The molecule has 0 spiro atoms. The molecule has 178 valence electrons. The van der Waals surface area contributed by atoms with Crippen LogP contribution >= 0.6 is 7.82 Å². The summed E-state index contributed by atoms with van der Waals surface area (Å²) in [6.45, 7) is 10.4. The summed E-state index contributed by atoms with van der Waals surface area (Å²) in [4.78, 5) is 15.4. The zero-order valence-electron chi connectivity index (χ0n) is 19.5. The molecule has 11 heteroatoms. The van der Waals surface area contributed by atoms with Crippen LogP contribution < -0.4 is 4.85 Å². The van der Waals surface area contributed by atoms with Crippen LogP contribution in [0.5, 0.6) is 0 Å². The van der Waals surface area contributed by atoms with Gasteiger partial charge in [0.2, 0.25) is 0 Å². The molecule has 1 aliphatic rings. The van der Waals surface area contributed by atoms with E-state index in [0.717, 1.165) is 19.3 Å². The maximum Gasteiger partial charge on any atom is 0.529 e. The average molecular weight is 469 g/mol. The second kappa shape index (κ2) is 9.67. The van der Waals surface area contributed by atoms with Gasteiger partial charge in [0.15, 0.2) is 5.82 Å². The van der Waals surface area contributed by atoms with Crippen LogP contribution in [0.15, 0.2) is 12.1 Å². The summed E-state index contributed by atoms with van der Waals surface area (Å²) in [6, 6.07) is 3.85. The van der Waals surface area contributed by atoms with Crippen molar-refractivity contribution in [2.45, 2.75) is 84.8 Å². The summed E-state index contributed by atoms with van der Waals surface area (Å²) in [7, 11) is -4.14. The van der Waals surface area contributed by atoms with E-state index in [1.54, 1.807) is 41.5 Å².